The number of hydrogen-bond acceptors (Lipinski definition) is 6. The lowest BCUT2D eigenvalue weighted by atomic mass is 10.3. The molecule has 12 heteroatoms. The molecule has 8 nitrogen and oxygen atoms in total. The summed E-state index contributed by atoms with van der Waals surface area (Å²) in [6.45, 7) is 0.762. The van der Waals surface area contributed by atoms with Crippen LogP contribution in [0.15, 0.2) is 40.6 Å². The van der Waals surface area contributed by atoms with E-state index in [4.69, 9.17) is 0 Å². The number of thiophene rings is 1. The molecule has 1 aromatic carbocycles. The first kappa shape index (κ1) is 23.3. The highest BCUT2D eigenvalue weighted by Crippen LogP contribution is 2.21. The molecular formula is C19H22F2N4O4S2. The number of amides is 3. The van der Waals surface area contributed by atoms with E-state index >= 15 is 0 Å². The average molecular weight is 473 g/mol. The molecule has 0 saturated carbocycles. The predicted molar refractivity (Wildman–Crippen MR) is 111 cm³/mol. The van der Waals surface area contributed by atoms with E-state index < -0.39 is 38.5 Å². The fraction of sp³-hybridized carbons (Fsp3) is 0.368. The minimum absolute atomic E-state index is 0.0125. The number of imide groups is 1. The van der Waals surface area contributed by atoms with E-state index in [1.54, 1.807) is 16.2 Å². The summed E-state index contributed by atoms with van der Waals surface area (Å²) in [5.74, 6) is -2.38. The maximum atomic E-state index is 13.9. The molecule has 3 amide bonds. The number of rotatable bonds is 7. The first-order valence-electron chi connectivity index (χ1n) is 9.53. The first-order valence-corrected chi connectivity index (χ1v) is 11.9. The van der Waals surface area contributed by atoms with Gasteiger partial charge < -0.3 is 5.32 Å². The minimum atomic E-state index is -4.19. The van der Waals surface area contributed by atoms with Crippen LogP contribution in [0.3, 0.4) is 0 Å². The number of carbonyl (C=O) groups is 2. The number of nitrogens with zero attached hydrogens (tertiary/aromatic N) is 2. The van der Waals surface area contributed by atoms with Gasteiger partial charge in [-0.25, -0.2) is 22.0 Å². The highest BCUT2D eigenvalue weighted by molar-refractivity contribution is 7.89. The molecule has 31 heavy (non-hydrogen) atoms. The quantitative estimate of drug-likeness (QED) is 0.635. The van der Waals surface area contributed by atoms with Crippen molar-refractivity contribution in [2.75, 3.05) is 39.3 Å². The maximum Gasteiger partial charge on any atom is 0.321 e. The van der Waals surface area contributed by atoms with Crippen LogP contribution in [0.5, 0.6) is 0 Å². The molecule has 2 aromatic rings. The lowest BCUT2D eigenvalue weighted by Crippen LogP contribution is -2.52. The molecule has 3 rings (SSSR count). The van der Waals surface area contributed by atoms with Crippen LogP contribution in [0.2, 0.25) is 0 Å². The Morgan fingerprint density at radius 3 is 2.52 bits per heavy atom. The van der Waals surface area contributed by atoms with E-state index in [9.17, 15) is 26.8 Å². The second-order valence-electron chi connectivity index (χ2n) is 6.89. The normalized spacial score (nSPS) is 15.5. The van der Waals surface area contributed by atoms with Gasteiger partial charge in [0.25, 0.3) is 0 Å². The summed E-state index contributed by atoms with van der Waals surface area (Å²) in [7, 11) is -4.19. The molecule has 1 fully saturated rings. The smallest absolute Gasteiger partial charge is 0.321 e. The lowest BCUT2D eigenvalue weighted by Gasteiger charge is -2.33. The zero-order valence-electron chi connectivity index (χ0n) is 16.5. The van der Waals surface area contributed by atoms with Crippen molar-refractivity contribution in [3.63, 3.8) is 0 Å². The molecule has 0 radical (unpaired) electrons. The summed E-state index contributed by atoms with van der Waals surface area (Å²) >= 11 is 1.58. The zero-order chi connectivity index (χ0) is 22.4. The van der Waals surface area contributed by atoms with Gasteiger partial charge in [-0.15, -0.1) is 11.3 Å². The second-order valence-corrected chi connectivity index (χ2v) is 9.83. The summed E-state index contributed by atoms with van der Waals surface area (Å²) in [5.41, 5.74) is 0. The van der Waals surface area contributed by atoms with E-state index in [0.717, 1.165) is 21.3 Å². The van der Waals surface area contributed by atoms with Crippen LogP contribution in [0.25, 0.3) is 0 Å². The Labute approximate surface area is 182 Å². The molecule has 2 N–H and O–H groups in total. The first-order chi connectivity index (χ1) is 14.8. The molecular weight excluding hydrogens is 450 g/mol. The summed E-state index contributed by atoms with van der Waals surface area (Å²) in [5, 5.41) is 6.79. The molecule has 0 aliphatic carbocycles. The molecule has 1 aliphatic rings. The van der Waals surface area contributed by atoms with Gasteiger partial charge in [0.2, 0.25) is 15.9 Å². The molecule has 1 aromatic heterocycles. The average Bonchev–Trinajstić information content (AvgIpc) is 3.23. The topological polar surface area (TPSA) is 98.8 Å². The zero-order valence-corrected chi connectivity index (χ0v) is 18.1. The van der Waals surface area contributed by atoms with E-state index in [1.807, 2.05) is 17.5 Å². The second kappa shape index (κ2) is 10.3. The lowest BCUT2D eigenvalue weighted by molar-refractivity contribution is -0.121. The van der Waals surface area contributed by atoms with Crippen LogP contribution in [0.1, 0.15) is 4.88 Å². The molecule has 0 unspecified atom stereocenters. The molecule has 0 bridgehead atoms. The molecule has 0 spiro atoms. The minimum Gasteiger partial charge on any atom is -0.337 e. The fourth-order valence-corrected chi connectivity index (χ4v) is 5.32. The Bertz CT molecular complexity index is 1020. The Morgan fingerprint density at radius 1 is 1.10 bits per heavy atom. The summed E-state index contributed by atoms with van der Waals surface area (Å²) in [4.78, 5) is 26.0. The van der Waals surface area contributed by atoms with E-state index in [2.05, 4.69) is 10.6 Å². The van der Waals surface area contributed by atoms with Gasteiger partial charge in [-0.2, -0.15) is 4.31 Å². The van der Waals surface area contributed by atoms with Gasteiger partial charge in [-0.05, 0) is 36.1 Å². The molecule has 0 atom stereocenters. The molecule has 1 saturated heterocycles. The number of carbonyl (C=O) groups excluding carboxylic acids is 2. The van der Waals surface area contributed by atoms with Gasteiger partial charge >= 0.3 is 6.03 Å². The van der Waals surface area contributed by atoms with Crippen molar-refractivity contribution in [3.8, 4) is 0 Å². The Balaban J connectivity index is 1.43. The van der Waals surface area contributed by atoms with Crippen molar-refractivity contribution in [1.29, 1.82) is 0 Å². The predicted octanol–water partition coefficient (Wildman–Crippen LogP) is 1.40. The molecule has 168 valence electrons. The van der Waals surface area contributed by atoms with Crippen molar-refractivity contribution in [1.82, 2.24) is 19.8 Å². The van der Waals surface area contributed by atoms with Crippen LogP contribution >= 0.6 is 11.3 Å². The van der Waals surface area contributed by atoms with Gasteiger partial charge in [-0.1, -0.05) is 6.07 Å². The SMILES string of the molecule is O=C(CN1CCN(S(=O)(=O)c2cc(F)ccc2F)CC1)NC(=O)NCCc1cccs1. The Hall–Kier alpha value is -2.41. The van der Waals surface area contributed by atoms with Crippen LogP contribution < -0.4 is 10.6 Å². The summed E-state index contributed by atoms with van der Waals surface area (Å²) in [6.07, 6.45) is 0.668. The highest BCUT2D eigenvalue weighted by Gasteiger charge is 2.31. The van der Waals surface area contributed by atoms with Crippen molar-refractivity contribution < 1.29 is 26.8 Å². The highest BCUT2D eigenvalue weighted by atomic mass is 32.2. The number of halogens is 2. The van der Waals surface area contributed by atoms with Crippen LogP contribution in [-0.4, -0.2) is 68.8 Å². The third-order valence-electron chi connectivity index (χ3n) is 4.70. The molecule has 1 aliphatic heterocycles. The number of nitrogens with one attached hydrogen (secondary N) is 2. The number of piperazine rings is 1. The van der Waals surface area contributed by atoms with Gasteiger partial charge in [0, 0.05) is 37.6 Å². The number of benzene rings is 1. The third-order valence-corrected chi connectivity index (χ3v) is 7.55. The van der Waals surface area contributed by atoms with Crippen molar-refractivity contribution in [2.24, 2.45) is 0 Å². The summed E-state index contributed by atoms with van der Waals surface area (Å²) in [6, 6.07) is 5.56. The van der Waals surface area contributed by atoms with Gasteiger partial charge in [-0.3, -0.25) is 15.0 Å². The van der Waals surface area contributed by atoms with Crippen LogP contribution in [-0.2, 0) is 21.2 Å². The number of hydrogen-bond donors (Lipinski definition) is 2. The van der Waals surface area contributed by atoms with Crippen LogP contribution in [0, 0.1) is 11.6 Å². The fourth-order valence-electron chi connectivity index (χ4n) is 3.11. The summed E-state index contributed by atoms with van der Waals surface area (Å²) < 4.78 is 53.5. The van der Waals surface area contributed by atoms with Gasteiger partial charge in [0.15, 0.2) is 0 Å². The van der Waals surface area contributed by atoms with Crippen molar-refractivity contribution >= 4 is 33.3 Å². The van der Waals surface area contributed by atoms with E-state index in [-0.39, 0.29) is 32.7 Å². The van der Waals surface area contributed by atoms with Gasteiger partial charge in [0.05, 0.1) is 6.54 Å². The largest absolute Gasteiger partial charge is 0.337 e. The number of sulfonamides is 1. The van der Waals surface area contributed by atoms with Crippen molar-refractivity contribution in [2.45, 2.75) is 11.3 Å². The van der Waals surface area contributed by atoms with E-state index in [0.29, 0.717) is 19.0 Å². The Morgan fingerprint density at radius 2 is 1.84 bits per heavy atom. The van der Waals surface area contributed by atoms with Crippen molar-refractivity contribution in [3.05, 3.63) is 52.2 Å². The maximum absolute atomic E-state index is 13.9. The van der Waals surface area contributed by atoms with E-state index in [1.165, 1.54) is 0 Å². The Kier molecular flexibility index (Phi) is 7.70. The molecule has 2 heterocycles. The van der Waals surface area contributed by atoms with Crippen LogP contribution in [0.4, 0.5) is 13.6 Å². The monoisotopic (exact) mass is 472 g/mol. The van der Waals surface area contributed by atoms with Gasteiger partial charge in [0.1, 0.15) is 16.5 Å². The number of urea groups is 1. The standard InChI is InChI=1S/C19H22F2N4O4S2/c20-14-3-4-16(21)17(12-14)31(28,29)25-9-7-24(8-10-25)13-18(26)23-19(27)22-6-5-15-2-1-11-30-15/h1-4,11-12H,5-10,13H2,(H2,22,23,26,27). The third kappa shape index (κ3) is 6.29.